The number of esters is 2. The standard InChI is InChI=1S/C37H47F3N2O12/c38-37(39,40)26-7-5-8-29(21-26)52-24-27(43)14-17-31-30(32(44)22-33(31)45)9-3-1-2-4-10-34(46)41-23-36(48)54-28-15-12-25(13-16-28)18-20-51-35(47)11-6-19-53-42(49)50/h1,3,5,7-8,12-17,21,27,30-33,43-45,49-50H,2,4,6,9-11,18-20,22-24H2,(H,41,46)/b3-1-,17-14+/t27-,30-,31-,32+,33-/m1/s1. The Balaban J connectivity index is 1.29. The largest absolute Gasteiger partial charge is 0.491 e. The predicted octanol–water partition coefficient (Wildman–Crippen LogP) is 4.08. The van der Waals surface area contributed by atoms with Crippen molar-refractivity contribution in [3.8, 4) is 11.5 Å². The fraction of sp³-hybridized carbons (Fsp3) is 0.486. The average Bonchev–Trinajstić information content (AvgIpc) is 3.40. The molecule has 3 rings (SSSR count). The normalized spacial score (nSPS) is 19.4. The molecule has 0 aliphatic heterocycles. The molecule has 0 bridgehead atoms. The van der Waals surface area contributed by atoms with Crippen molar-refractivity contribution in [3.05, 3.63) is 84.0 Å². The SMILES string of the molecule is O=C(CCC/C=C\C[C@@H]1[C@@H](/C=C/[C@@H](O)COc2cccc(C(F)(F)F)c2)[C@H](O)C[C@@H]1O)NCC(=O)Oc1ccc(CCOC(=O)CCCON(O)O)cc1. The molecule has 1 amide bonds. The number of unbranched alkanes of at least 4 members (excludes halogenated alkanes) is 1. The number of aliphatic hydroxyl groups is 3. The predicted molar refractivity (Wildman–Crippen MR) is 184 cm³/mol. The van der Waals surface area contributed by atoms with Gasteiger partial charge in [-0.15, -0.1) is 0 Å². The average molecular weight is 769 g/mol. The fourth-order valence-electron chi connectivity index (χ4n) is 5.58. The molecule has 6 N–H and O–H groups in total. The van der Waals surface area contributed by atoms with Gasteiger partial charge in [-0.3, -0.25) is 24.8 Å². The highest BCUT2D eigenvalue weighted by molar-refractivity contribution is 5.82. The summed E-state index contributed by atoms with van der Waals surface area (Å²) in [5, 5.41) is 50.2. The second kappa shape index (κ2) is 22.8. The molecule has 1 fully saturated rings. The van der Waals surface area contributed by atoms with Crippen molar-refractivity contribution in [2.75, 3.05) is 26.4 Å². The Kier molecular flexibility index (Phi) is 18.6. The van der Waals surface area contributed by atoms with E-state index in [1.807, 2.05) is 12.2 Å². The maximum absolute atomic E-state index is 12.9. The van der Waals surface area contributed by atoms with Crippen molar-refractivity contribution in [1.29, 1.82) is 0 Å². The summed E-state index contributed by atoms with van der Waals surface area (Å²) in [5.41, 5.74) is -0.0388. The van der Waals surface area contributed by atoms with Crippen LogP contribution in [0.1, 0.15) is 56.1 Å². The van der Waals surface area contributed by atoms with E-state index in [9.17, 15) is 42.9 Å². The molecule has 0 radical (unpaired) electrons. The van der Waals surface area contributed by atoms with Crippen molar-refractivity contribution >= 4 is 17.8 Å². The zero-order valence-electron chi connectivity index (χ0n) is 29.5. The minimum atomic E-state index is -4.52. The molecule has 1 aliphatic rings. The summed E-state index contributed by atoms with van der Waals surface area (Å²) in [5.74, 6) is -2.04. The lowest BCUT2D eigenvalue weighted by molar-refractivity contribution is -0.492. The number of amides is 1. The molecule has 17 heteroatoms. The van der Waals surface area contributed by atoms with Crippen LogP contribution >= 0.6 is 0 Å². The van der Waals surface area contributed by atoms with E-state index < -0.39 is 53.3 Å². The minimum Gasteiger partial charge on any atom is -0.491 e. The summed E-state index contributed by atoms with van der Waals surface area (Å²) >= 11 is 0. The number of hydrogen-bond acceptors (Lipinski definition) is 13. The lowest BCUT2D eigenvalue weighted by Crippen LogP contribution is -2.31. The first-order valence-electron chi connectivity index (χ1n) is 17.4. The number of benzene rings is 2. The number of alkyl halides is 3. The summed E-state index contributed by atoms with van der Waals surface area (Å²) in [6.45, 7) is -0.568. The third kappa shape index (κ3) is 16.8. The lowest BCUT2D eigenvalue weighted by Gasteiger charge is -2.19. The van der Waals surface area contributed by atoms with Crippen molar-refractivity contribution in [1.82, 2.24) is 10.7 Å². The van der Waals surface area contributed by atoms with E-state index in [1.54, 1.807) is 30.3 Å². The van der Waals surface area contributed by atoms with E-state index in [2.05, 4.69) is 10.2 Å². The fourth-order valence-corrected chi connectivity index (χ4v) is 5.58. The second-order valence-corrected chi connectivity index (χ2v) is 12.6. The quantitative estimate of drug-likeness (QED) is 0.0329. The molecular formula is C37H47F3N2O12. The Morgan fingerprint density at radius 1 is 0.944 bits per heavy atom. The molecule has 0 aromatic heterocycles. The molecule has 2 aromatic carbocycles. The first kappa shape index (κ1) is 44.0. The number of nitrogens with zero attached hydrogens (tertiary/aromatic N) is 1. The maximum atomic E-state index is 12.9. The van der Waals surface area contributed by atoms with Crippen LogP contribution in [-0.2, 0) is 36.6 Å². The monoisotopic (exact) mass is 768 g/mol. The summed E-state index contributed by atoms with van der Waals surface area (Å²) in [6.07, 6.45) is 1.83. The number of allylic oxidation sites excluding steroid dienone is 2. The van der Waals surface area contributed by atoms with Crippen LogP contribution < -0.4 is 14.8 Å². The lowest BCUT2D eigenvalue weighted by atomic mass is 9.89. The number of carbonyl (C=O) groups excluding carboxylic acids is 3. The van der Waals surface area contributed by atoms with E-state index in [0.29, 0.717) is 25.7 Å². The van der Waals surface area contributed by atoms with Gasteiger partial charge in [0.05, 0.1) is 36.4 Å². The molecule has 0 unspecified atom stereocenters. The summed E-state index contributed by atoms with van der Waals surface area (Å²) in [7, 11) is 0. The second-order valence-electron chi connectivity index (χ2n) is 12.6. The van der Waals surface area contributed by atoms with Gasteiger partial charge in [0.15, 0.2) is 0 Å². The smallest absolute Gasteiger partial charge is 0.416 e. The van der Waals surface area contributed by atoms with Gasteiger partial charge in [-0.25, -0.2) is 4.79 Å². The molecule has 1 saturated carbocycles. The van der Waals surface area contributed by atoms with Crippen molar-refractivity contribution in [3.63, 3.8) is 0 Å². The Bertz CT molecular complexity index is 1520. The van der Waals surface area contributed by atoms with Gasteiger partial charge >= 0.3 is 18.1 Å². The molecule has 2 aromatic rings. The summed E-state index contributed by atoms with van der Waals surface area (Å²) in [6, 6.07) is 10.9. The molecule has 298 valence electrons. The van der Waals surface area contributed by atoms with Crippen molar-refractivity contribution < 1.29 is 72.3 Å². The topological polar surface area (TPSA) is 205 Å². The van der Waals surface area contributed by atoms with E-state index in [4.69, 9.17) is 24.6 Å². The zero-order chi connectivity index (χ0) is 39.5. The Morgan fingerprint density at radius 3 is 2.43 bits per heavy atom. The van der Waals surface area contributed by atoms with Gasteiger partial charge in [-0.1, -0.05) is 42.5 Å². The van der Waals surface area contributed by atoms with Gasteiger partial charge in [0.25, 0.3) is 0 Å². The van der Waals surface area contributed by atoms with Crippen LogP contribution in [0.5, 0.6) is 11.5 Å². The number of halogens is 3. The van der Waals surface area contributed by atoms with Crippen LogP contribution in [0, 0.1) is 11.8 Å². The highest BCUT2D eigenvalue weighted by Crippen LogP contribution is 2.36. The van der Waals surface area contributed by atoms with Gasteiger partial charge in [-0.05, 0) is 67.5 Å². The van der Waals surface area contributed by atoms with E-state index in [1.165, 1.54) is 18.2 Å². The number of nitrogens with one attached hydrogen (secondary N) is 1. The zero-order valence-corrected chi connectivity index (χ0v) is 29.5. The van der Waals surface area contributed by atoms with Crippen LogP contribution in [0.15, 0.2) is 72.8 Å². The molecule has 1 aliphatic carbocycles. The van der Waals surface area contributed by atoms with Crippen LogP contribution in [-0.4, -0.2) is 93.6 Å². The first-order valence-corrected chi connectivity index (χ1v) is 17.4. The molecule has 5 atom stereocenters. The van der Waals surface area contributed by atoms with E-state index >= 15 is 0 Å². The summed E-state index contributed by atoms with van der Waals surface area (Å²) in [4.78, 5) is 40.4. The van der Waals surface area contributed by atoms with Gasteiger partial charge in [0.1, 0.15) is 30.8 Å². The Morgan fingerprint density at radius 2 is 1.70 bits per heavy atom. The highest BCUT2D eigenvalue weighted by atomic mass is 19.4. The molecule has 0 spiro atoms. The number of carbonyl (C=O) groups is 3. The number of ether oxygens (including phenoxy) is 3. The number of hydrogen-bond donors (Lipinski definition) is 6. The number of rotatable bonds is 22. The van der Waals surface area contributed by atoms with Gasteiger partial charge in [-0.2, -0.15) is 13.2 Å². The number of aliphatic hydroxyl groups excluding tert-OH is 3. The van der Waals surface area contributed by atoms with Gasteiger partial charge in [0.2, 0.25) is 5.91 Å². The van der Waals surface area contributed by atoms with Crippen LogP contribution in [0.2, 0.25) is 0 Å². The molecule has 0 heterocycles. The van der Waals surface area contributed by atoms with E-state index in [-0.39, 0.29) is 75.4 Å². The molecule has 54 heavy (non-hydrogen) atoms. The molecule has 14 nitrogen and oxygen atoms in total. The van der Waals surface area contributed by atoms with Crippen molar-refractivity contribution in [2.45, 2.75) is 75.9 Å². The summed E-state index contributed by atoms with van der Waals surface area (Å²) < 4.78 is 54.4. The molecular weight excluding hydrogens is 721 g/mol. The highest BCUT2D eigenvalue weighted by Gasteiger charge is 2.39. The van der Waals surface area contributed by atoms with Gasteiger partial charge < -0.3 is 34.8 Å². The molecule has 0 saturated heterocycles. The van der Waals surface area contributed by atoms with Gasteiger partial charge in [0, 0.05) is 31.6 Å². The third-order valence-electron chi connectivity index (χ3n) is 8.37. The van der Waals surface area contributed by atoms with Crippen LogP contribution in [0.3, 0.4) is 0 Å². The van der Waals surface area contributed by atoms with Crippen LogP contribution in [0.25, 0.3) is 0 Å². The maximum Gasteiger partial charge on any atom is 0.416 e. The van der Waals surface area contributed by atoms with Crippen molar-refractivity contribution in [2.24, 2.45) is 11.8 Å². The van der Waals surface area contributed by atoms with Crippen LogP contribution in [0.4, 0.5) is 13.2 Å². The Labute approximate surface area is 310 Å². The van der Waals surface area contributed by atoms with E-state index in [0.717, 1.165) is 17.7 Å². The Hall–Kier alpha value is -4.36. The minimum absolute atomic E-state index is 0.0460. The first-order chi connectivity index (χ1) is 25.7. The third-order valence-corrected chi connectivity index (χ3v) is 8.37.